The van der Waals surface area contributed by atoms with Gasteiger partial charge in [-0.15, -0.1) is 11.3 Å². The summed E-state index contributed by atoms with van der Waals surface area (Å²) < 4.78 is 2.63. The Kier molecular flexibility index (Phi) is 6.05. The third kappa shape index (κ3) is 4.52. The number of fused-ring (bicyclic) bond motifs is 4. The van der Waals surface area contributed by atoms with E-state index in [9.17, 15) is 0 Å². The maximum Gasteiger partial charge on any atom is 0.0435 e. The first-order valence-corrected chi connectivity index (χ1v) is 15.1. The van der Waals surface area contributed by atoms with Crippen LogP contribution in [0.25, 0.3) is 64.3 Å². The normalized spacial score (nSPS) is 11.3. The van der Waals surface area contributed by atoms with Gasteiger partial charge in [0.2, 0.25) is 0 Å². The SMILES string of the molecule is c1ccc(-c2ccc(-c3cc(Nc4ccc(-c5ccc6ccccc6c5)cc4)cc4c3sc3ccccc34)cc2)cc1. The van der Waals surface area contributed by atoms with Gasteiger partial charge in [0, 0.05) is 37.1 Å². The standard InChI is InChI=1S/C40H27NS/c1-2-8-27(9-3-1)29-14-17-31(18-15-29)37-25-35(26-38-36-12-6-7-13-39(36)42-40(37)38)41-34-22-20-30(21-23-34)33-19-16-28-10-4-5-11-32(28)24-33/h1-26,41H. The molecule has 8 rings (SSSR count). The van der Waals surface area contributed by atoms with E-state index >= 15 is 0 Å². The van der Waals surface area contributed by atoms with Gasteiger partial charge in [-0.25, -0.2) is 0 Å². The molecule has 198 valence electrons. The maximum absolute atomic E-state index is 3.71. The maximum atomic E-state index is 3.71. The molecule has 0 fully saturated rings. The van der Waals surface area contributed by atoms with E-state index in [0.717, 1.165) is 11.4 Å². The lowest BCUT2D eigenvalue weighted by Gasteiger charge is -2.12. The van der Waals surface area contributed by atoms with Gasteiger partial charge in [-0.05, 0) is 75.0 Å². The fourth-order valence-electron chi connectivity index (χ4n) is 5.87. The van der Waals surface area contributed by atoms with E-state index in [1.807, 2.05) is 11.3 Å². The number of hydrogen-bond acceptors (Lipinski definition) is 2. The van der Waals surface area contributed by atoms with Crippen molar-refractivity contribution in [1.29, 1.82) is 0 Å². The molecule has 42 heavy (non-hydrogen) atoms. The molecule has 0 unspecified atom stereocenters. The molecule has 8 aromatic rings. The Hall–Kier alpha value is -5.18. The van der Waals surface area contributed by atoms with Gasteiger partial charge in [-0.3, -0.25) is 0 Å². The Morgan fingerprint density at radius 3 is 1.83 bits per heavy atom. The largest absolute Gasteiger partial charge is 0.355 e. The highest BCUT2D eigenvalue weighted by atomic mass is 32.1. The molecule has 0 aliphatic heterocycles. The Labute approximate surface area is 249 Å². The van der Waals surface area contributed by atoms with Crippen molar-refractivity contribution in [2.45, 2.75) is 0 Å². The molecule has 0 aliphatic rings. The van der Waals surface area contributed by atoms with Crippen LogP contribution in [0.15, 0.2) is 158 Å². The van der Waals surface area contributed by atoms with Crippen molar-refractivity contribution in [3.05, 3.63) is 158 Å². The number of hydrogen-bond donors (Lipinski definition) is 1. The fourth-order valence-corrected chi connectivity index (χ4v) is 7.09. The zero-order chi connectivity index (χ0) is 27.9. The van der Waals surface area contributed by atoms with Gasteiger partial charge in [-0.1, -0.05) is 121 Å². The third-order valence-electron chi connectivity index (χ3n) is 8.04. The Bertz CT molecular complexity index is 2190. The second-order valence-electron chi connectivity index (χ2n) is 10.7. The van der Waals surface area contributed by atoms with Gasteiger partial charge in [0.15, 0.2) is 0 Å². The summed E-state index contributed by atoms with van der Waals surface area (Å²) in [5.74, 6) is 0. The molecule has 0 amide bonds. The minimum Gasteiger partial charge on any atom is -0.355 e. The molecule has 0 aliphatic carbocycles. The molecule has 1 heterocycles. The molecule has 1 N–H and O–H groups in total. The predicted octanol–water partition coefficient (Wildman–Crippen LogP) is 12.0. The molecule has 1 nitrogen and oxygen atoms in total. The molecule has 2 heteroatoms. The minimum absolute atomic E-state index is 1.07. The predicted molar refractivity (Wildman–Crippen MR) is 183 cm³/mol. The van der Waals surface area contributed by atoms with Crippen molar-refractivity contribution in [2.75, 3.05) is 5.32 Å². The van der Waals surface area contributed by atoms with Crippen molar-refractivity contribution < 1.29 is 0 Å². The van der Waals surface area contributed by atoms with Crippen LogP contribution >= 0.6 is 11.3 Å². The number of rotatable bonds is 5. The summed E-state index contributed by atoms with van der Waals surface area (Å²) >= 11 is 1.87. The van der Waals surface area contributed by atoms with E-state index in [4.69, 9.17) is 0 Å². The lowest BCUT2D eigenvalue weighted by atomic mass is 9.98. The van der Waals surface area contributed by atoms with E-state index in [-0.39, 0.29) is 0 Å². The van der Waals surface area contributed by atoms with Crippen molar-refractivity contribution >= 4 is 53.7 Å². The molecule has 0 atom stereocenters. The first-order chi connectivity index (χ1) is 20.8. The summed E-state index contributed by atoms with van der Waals surface area (Å²) in [7, 11) is 0. The highest BCUT2D eigenvalue weighted by Gasteiger charge is 2.13. The topological polar surface area (TPSA) is 12.0 Å². The van der Waals surface area contributed by atoms with Gasteiger partial charge < -0.3 is 5.32 Å². The van der Waals surface area contributed by atoms with Gasteiger partial charge in [-0.2, -0.15) is 0 Å². The third-order valence-corrected chi connectivity index (χ3v) is 9.26. The van der Waals surface area contributed by atoms with Gasteiger partial charge in [0.05, 0.1) is 0 Å². The molecule has 1 aromatic heterocycles. The van der Waals surface area contributed by atoms with Crippen LogP contribution in [0.4, 0.5) is 11.4 Å². The van der Waals surface area contributed by atoms with E-state index in [1.54, 1.807) is 0 Å². The summed E-state index contributed by atoms with van der Waals surface area (Å²) in [6.07, 6.45) is 0. The van der Waals surface area contributed by atoms with E-state index in [1.165, 1.54) is 64.3 Å². The Balaban J connectivity index is 1.17. The Morgan fingerprint density at radius 2 is 1.00 bits per heavy atom. The molecular weight excluding hydrogens is 527 g/mol. The van der Waals surface area contributed by atoms with Gasteiger partial charge in [0.25, 0.3) is 0 Å². The van der Waals surface area contributed by atoms with Crippen molar-refractivity contribution in [1.82, 2.24) is 0 Å². The number of benzene rings is 7. The summed E-state index contributed by atoms with van der Waals surface area (Å²) in [6, 6.07) is 56.8. The summed E-state index contributed by atoms with van der Waals surface area (Å²) in [5.41, 5.74) is 9.55. The zero-order valence-electron chi connectivity index (χ0n) is 22.9. The molecule has 0 spiro atoms. The fraction of sp³-hybridized carbons (Fsp3) is 0. The number of nitrogens with one attached hydrogen (secondary N) is 1. The summed E-state index contributed by atoms with van der Waals surface area (Å²) in [4.78, 5) is 0. The van der Waals surface area contributed by atoms with Crippen LogP contribution in [-0.2, 0) is 0 Å². The zero-order valence-corrected chi connectivity index (χ0v) is 23.7. The highest BCUT2D eigenvalue weighted by molar-refractivity contribution is 7.26. The van der Waals surface area contributed by atoms with Crippen LogP contribution in [-0.4, -0.2) is 0 Å². The van der Waals surface area contributed by atoms with Gasteiger partial charge >= 0.3 is 0 Å². The van der Waals surface area contributed by atoms with E-state index in [2.05, 4.69) is 163 Å². The molecule has 0 saturated heterocycles. The average molecular weight is 554 g/mol. The number of anilines is 2. The van der Waals surface area contributed by atoms with Crippen molar-refractivity contribution in [3.63, 3.8) is 0 Å². The van der Waals surface area contributed by atoms with Crippen LogP contribution in [0.5, 0.6) is 0 Å². The average Bonchev–Trinajstić information content (AvgIpc) is 3.44. The number of thiophene rings is 1. The summed E-state index contributed by atoms with van der Waals surface area (Å²) in [6.45, 7) is 0. The molecule has 0 saturated carbocycles. The molecule has 0 radical (unpaired) electrons. The summed E-state index contributed by atoms with van der Waals surface area (Å²) in [5, 5.41) is 8.83. The van der Waals surface area contributed by atoms with Gasteiger partial charge in [0.1, 0.15) is 0 Å². The first-order valence-electron chi connectivity index (χ1n) is 14.3. The molecular formula is C40H27NS. The Morgan fingerprint density at radius 1 is 0.381 bits per heavy atom. The molecule has 0 bridgehead atoms. The first kappa shape index (κ1) is 24.6. The highest BCUT2D eigenvalue weighted by Crippen LogP contribution is 2.42. The van der Waals surface area contributed by atoms with Crippen LogP contribution in [0.1, 0.15) is 0 Å². The second-order valence-corrected chi connectivity index (χ2v) is 11.8. The van der Waals surface area contributed by atoms with E-state index in [0.29, 0.717) is 0 Å². The quantitative estimate of drug-likeness (QED) is 0.223. The monoisotopic (exact) mass is 553 g/mol. The van der Waals surface area contributed by atoms with Crippen LogP contribution < -0.4 is 5.32 Å². The van der Waals surface area contributed by atoms with Crippen LogP contribution in [0, 0.1) is 0 Å². The van der Waals surface area contributed by atoms with Crippen molar-refractivity contribution in [2.24, 2.45) is 0 Å². The second kappa shape index (κ2) is 10.3. The lowest BCUT2D eigenvalue weighted by molar-refractivity contribution is 1.56. The van der Waals surface area contributed by atoms with E-state index < -0.39 is 0 Å². The smallest absolute Gasteiger partial charge is 0.0435 e. The lowest BCUT2D eigenvalue weighted by Crippen LogP contribution is -1.92. The van der Waals surface area contributed by atoms with Crippen LogP contribution in [0.2, 0.25) is 0 Å². The van der Waals surface area contributed by atoms with Crippen LogP contribution in [0.3, 0.4) is 0 Å². The minimum atomic E-state index is 1.07. The van der Waals surface area contributed by atoms with Crippen molar-refractivity contribution in [3.8, 4) is 33.4 Å². The molecule has 7 aromatic carbocycles.